The van der Waals surface area contributed by atoms with Crippen molar-refractivity contribution in [2.24, 2.45) is 0 Å². The molecule has 0 aliphatic heterocycles. The molecule has 68 valence electrons. The molecule has 1 rings (SSSR count). The van der Waals surface area contributed by atoms with Crippen molar-refractivity contribution in [3.63, 3.8) is 0 Å². The highest BCUT2D eigenvalue weighted by atomic mass is 79.9. The summed E-state index contributed by atoms with van der Waals surface area (Å²) in [6, 6.07) is 3.51. The molecule has 1 N–H and O–H groups in total. The van der Waals surface area contributed by atoms with E-state index < -0.39 is 0 Å². The van der Waals surface area contributed by atoms with Gasteiger partial charge in [-0.25, -0.2) is 0 Å². The Morgan fingerprint density at radius 2 is 2.31 bits per heavy atom. The average molecular weight is 241 g/mol. The van der Waals surface area contributed by atoms with Gasteiger partial charge < -0.3 is 9.84 Å². The number of phenols is 1. The first-order chi connectivity index (χ1) is 6.20. The van der Waals surface area contributed by atoms with E-state index in [4.69, 9.17) is 11.2 Å². The summed E-state index contributed by atoms with van der Waals surface area (Å²) in [5.74, 6) is 3.04. The summed E-state index contributed by atoms with van der Waals surface area (Å²) in [5.41, 5.74) is 0.876. The maximum absolute atomic E-state index is 9.56. The van der Waals surface area contributed by atoms with Crippen LogP contribution in [0.2, 0.25) is 0 Å². The summed E-state index contributed by atoms with van der Waals surface area (Å²) in [6.07, 6.45) is 5.65. The molecule has 0 radical (unpaired) electrons. The summed E-state index contributed by atoms with van der Waals surface area (Å²) >= 11 is 3.25. The normalized spacial score (nSPS) is 9.31. The van der Waals surface area contributed by atoms with Gasteiger partial charge in [-0.15, -0.1) is 12.3 Å². The van der Waals surface area contributed by atoms with Gasteiger partial charge in [-0.3, -0.25) is 0 Å². The molecule has 0 heterocycles. The van der Waals surface area contributed by atoms with Crippen LogP contribution < -0.4 is 4.74 Å². The predicted molar refractivity (Wildman–Crippen MR) is 54.9 cm³/mol. The van der Waals surface area contributed by atoms with Crippen LogP contribution in [0.15, 0.2) is 16.6 Å². The largest absolute Gasteiger partial charge is 0.503 e. The van der Waals surface area contributed by atoms with Crippen LogP contribution in [0, 0.1) is 12.3 Å². The number of ether oxygens (including phenoxy) is 1. The third kappa shape index (κ3) is 1.96. The molecule has 0 fully saturated rings. The second-order valence-corrected chi connectivity index (χ2v) is 3.26. The minimum Gasteiger partial charge on any atom is -0.503 e. The van der Waals surface area contributed by atoms with Gasteiger partial charge in [0.1, 0.15) is 0 Å². The van der Waals surface area contributed by atoms with Crippen molar-refractivity contribution in [1.29, 1.82) is 0 Å². The van der Waals surface area contributed by atoms with Crippen LogP contribution in [0.5, 0.6) is 11.5 Å². The first kappa shape index (κ1) is 9.94. The lowest BCUT2D eigenvalue weighted by Gasteiger charge is -2.07. The highest BCUT2D eigenvalue weighted by molar-refractivity contribution is 9.10. The number of halogens is 1. The fraction of sp³-hybridized carbons (Fsp3) is 0.200. The molecular formula is C10H9BrO2. The number of methoxy groups -OCH3 is 1. The Labute approximate surface area is 85.7 Å². The summed E-state index contributed by atoms with van der Waals surface area (Å²) in [5, 5.41) is 9.56. The highest BCUT2D eigenvalue weighted by Crippen LogP contribution is 2.36. The number of phenolic OH excluding ortho intramolecular Hbond substituents is 1. The SMILES string of the molecule is C#CCc1ccc(OC)c(O)c1Br. The molecule has 0 unspecified atom stereocenters. The highest BCUT2D eigenvalue weighted by Gasteiger charge is 2.09. The first-order valence-corrected chi connectivity index (χ1v) is 4.47. The zero-order valence-electron chi connectivity index (χ0n) is 7.17. The predicted octanol–water partition coefficient (Wildman–Crippen LogP) is 2.34. The summed E-state index contributed by atoms with van der Waals surface area (Å²) in [6.45, 7) is 0. The summed E-state index contributed by atoms with van der Waals surface area (Å²) < 4.78 is 5.53. The van der Waals surface area contributed by atoms with E-state index in [2.05, 4.69) is 21.9 Å². The maximum Gasteiger partial charge on any atom is 0.172 e. The smallest absolute Gasteiger partial charge is 0.172 e. The van der Waals surface area contributed by atoms with Crippen molar-refractivity contribution in [3.8, 4) is 23.8 Å². The average Bonchev–Trinajstić information content (AvgIpc) is 2.14. The Hall–Kier alpha value is -1.14. The second kappa shape index (κ2) is 4.20. The Morgan fingerprint density at radius 3 is 2.85 bits per heavy atom. The number of rotatable bonds is 2. The molecule has 0 saturated heterocycles. The Bertz CT molecular complexity index is 353. The molecule has 3 heteroatoms. The van der Waals surface area contributed by atoms with E-state index in [1.807, 2.05) is 6.07 Å². The fourth-order valence-electron chi connectivity index (χ4n) is 1.000. The van der Waals surface area contributed by atoms with Gasteiger partial charge in [-0.1, -0.05) is 6.07 Å². The van der Waals surface area contributed by atoms with Crippen molar-refractivity contribution in [3.05, 3.63) is 22.2 Å². The molecule has 0 aromatic heterocycles. The van der Waals surface area contributed by atoms with Crippen LogP contribution in [0.1, 0.15) is 5.56 Å². The Balaban J connectivity index is 3.17. The van der Waals surface area contributed by atoms with E-state index in [1.54, 1.807) is 6.07 Å². The fourth-order valence-corrected chi connectivity index (χ4v) is 1.47. The zero-order valence-corrected chi connectivity index (χ0v) is 8.76. The molecule has 0 saturated carbocycles. The first-order valence-electron chi connectivity index (χ1n) is 3.68. The molecular weight excluding hydrogens is 232 g/mol. The van der Waals surface area contributed by atoms with Gasteiger partial charge in [-0.2, -0.15) is 0 Å². The van der Waals surface area contributed by atoms with E-state index in [9.17, 15) is 5.11 Å². The van der Waals surface area contributed by atoms with Gasteiger partial charge in [-0.05, 0) is 27.6 Å². The summed E-state index contributed by atoms with van der Waals surface area (Å²) in [7, 11) is 1.50. The van der Waals surface area contributed by atoms with Crippen molar-refractivity contribution in [1.82, 2.24) is 0 Å². The maximum atomic E-state index is 9.56. The van der Waals surface area contributed by atoms with Gasteiger partial charge in [0.15, 0.2) is 11.5 Å². The van der Waals surface area contributed by atoms with Crippen LogP contribution in [-0.2, 0) is 6.42 Å². The van der Waals surface area contributed by atoms with Crippen molar-refractivity contribution >= 4 is 15.9 Å². The van der Waals surface area contributed by atoms with Crippen LogP contribution in [-0.4, -0.2) is 12.2 Å². The van der Waals surface area contributed by atoms with Crippen molar-refractivity contribution in [2.45, 2.75) is 6.42 Å². The zero-order chi connectivity index (χ0) is 9.84. The molecule has 1 aromatic rings. The lowest BCUT2D eigenvalue weighted by atomic mass is 10.1. The van der Waals surface area contributed by atoms with Gasteiger partial charge >= 0.3 is 0 Å². The molecule has 0 bridgehead atoms. The van der Waals surface area contributed by atoms with Crippen LogP contribution in [0.4, 0.5) is 0 Å². The van der Waals surface area contributed by atoms with Gasteiger partial charge in [0.25, 0.3) is 0 Å². The molecule has 0 amide bonds. The number of aromatic hydroxyl groups is 1. The van der Waals surface area contributed by atoms with Crippen molar-refractivity contribution in [2.75, 3.05) is 7.11 Å². The lowest BCUT2D eigenvalue weighted by Crippen LogP contribution is -1.88. The van der Waals surface area contributed by atoms with E-state index in [1.165, 1.54) is 7.11 Å². The minimum atomic E-state index is 0.0928. The van der Waals surface area contributed by atoms with E-state index in [-0.39, 0.29) is 5.75 Å². The Kier molecular flexibility index (Phi) is 3.21. The van der Waals surface area contributed by atoms with Crippen LogP contribution >= 0.6 is 15.9 Å². The third-order valence-electron chi connectivity index (χ3n) is 1.67. The van der Waals surface area contributed by atoms with E-state index in [0.717, 1.165) is 5.56 Å². The van der Waals surface area contributed by atoms with Crippen LogP contribution in [0.25, 0.3) is 0 Å². The van der Waals surface area contributed by atoms with E-state index >= 15 is 0 Å². The molecule has 2 nitrogen and oxygen atoms in total. The van der Waals surface area contributed by atoms with Gasteiger partial charge in [0.05, 0.1) is 11.6 Å². The number of benzene rings is 1. The number of hydrogen-bond acceptors (Lipinski definition) is 2. The summed E-state index contributed by atoms with van der Waals surface area (Å²) in [4.78, 5) is 0. The second-order valence-electron chi connectivity index (χ2n) is 2.47. The molecule has 13 heavy (non-hydrogen) atoms. The lowest BCUT2D eigenvalue weighted by molar-refractivity contribution is 0.371. The Morgan fingerprint density at radius 1 is 1.62 bits per heavy atom. The molecule has 0 aliphatic carbocycles. The molecule has 1 aromatic carbocycles. The van der Waals surface area contributed by atoms with Crippen molar-refractivity contribution < 1.29 is 9.84 Å². The third-order valence-corrected chi connectivity index (χ3v) is 2.56. The van der Waals surface area contributed by atoms with Gasteiger partial charge in [0, 0.05) is 6.42 Å². The number of hydrogen-bond donors (Lipinski definition) is 1. The standard InChI is InChI=1S/C10H9BrO2/c1-3-4-7-5-6-8(13-2)10(12)9(7)11/h1,5-6,12H,4H2,2H3. The van der Waals surface area contributed by atoms with Crippen LogP contribution in [0.3, 0.4) is 0 Å². The molecule has 0 spiro atoms. The number of terminal acetylenes is 1. The van der Waals surface area contributed by atoms with E-state index in [0.29, 0.717) is 16.6 Å². The monoisotopic (exact) mass is 240 g/mol. The molecule has 0 atom stereocenters. The minimum absolute atomic E-state index is 0.0928. The quantitative estimate of drug-likeness (QED) is 0.805. The topological polar surface area (TPSA) is 29.5 Å². The molecule has 0 aliphatic rings. The van der Waals surface area contributed by atoms with Gasteiger partial charge in [0.2, 0.25) is 0 Å².